The number of nitrogens with zero attached hydrogens (tertiary/aromatic N) is 2. The molecular weight excluding hydrogens is 376 g/mol. The van der Waals surface area contributed by atoms with E-state index in [4.69, 9.17) is 21.1 Å². The van der Waals surface area contributed by atoms with Crippen LogP contribution in [0.3, 0.4) is 0 Å². The van der Waals surface area contributed by atoms with E-state index in [0.717, 1.165) is 25.9 Å². The molecule has 2 aromatic rings. The second-order valence-electron chi connectivity index (χ2n) is 6.92. The first-order valence-corrected chi connectivity index (χ1v) is 10.0. The molecule has 5 nitrogen and oxygen atoms in total. The highest BCUT2D eigenvalue weighted by Gasteiger charge is 2.28. The summed E-state index contributed by atoms with van der Waals surface area (Å²) in [5, 5.41) is 0.382. The second kappa shape index (κ2) is 9.20. The van der Waals surface area contributed by atoms with E-state index in [0.29, 0.717) is 28.7 Å². The lowest BCUT2D eigenvalue weighted by Gasteiger charge is -2.39. The van der Waals surface area contributed by atoms with Gasteiger partial charge in [0.2, 0.25) is 0 Å². The number of rotatable bonds is 6. The molecule has 1 saturated heterocycles. The van der Waals surface area contributed by atoms with Gasteiger partial charge >= 0.3 is 0 Å². The number of ether oxygens (including phenoxy) is 2. The van der Waals surface area contributed by atoms with Crippen molar-refractivity contribution in [3.8, 4) is 11.5 Å². The Morgan fingerprint density at radius 2 is 2.04 bits per heavy atom. The number of hydrogen-bond donors (Lipinski definition) is 0. The third-order valence-corrected chi connectivity index (χ3v) is 5.43. The van der Waals surface area contributed by atoms with Gasteiger partial charge in [0.25, 0.3) is 5.91 Å². The van der Waals surface area contributed by atoms with Crippen LogP contribution in [0.4, 0.5) is 5.69 Å². The summed E-state index contributed by atoms with van der Waals surface area (Å²) in [6.07, 6.45) is 2.03. The monoisotopic (exact) mass is 402 g/mol. The van der Waals surface area contributed by atoms with Crippen molar-refractivity contribution in [2.75, 3.05) is 38.8 Å². The summed E-state index contributed by atoms with van der Waals surface area (Å²) in [4.78, 5) is 17.3. The van der Waals surface area contributed by atoms with Gasteiger partial charge in [0.1, 0.15) is 0 Å². The maximum atomic E-state index is 13.1. The SMILES string of the molecule is CCOc1c(Cl)cc(C(=O)N(C)C2CCCN(c3ccccc3)C2)cc1OC. The summed E-state index contributed by atoms with van der Waals surface area (Å²) < 4.78 is 10.9. The van der Waals surface area contributed by atoms with Gasteiger partial charge in [-0.2, -0.15) is 0 Å². The Morgan fingerprint density at radius 1 is 1.29 bits per heavy atom. The molecule has 0 radical (unpaired) electrons. The van der Waals surface area contributed by atoms with Crippen LogP contribution in [-0.2, 0) is 0 Å². The lowest BCUT2D eigenvalue weighted by molar-refractivity contribution is 0.0717. The van der Waals surface area contributed by atoms with Crippen LogP contribution in [0.15, 0.2) is 42.5 Å². The zero-order chi connectivity index (χ0) is 20.1. The summed E-state index contributed by atoms with van der Waals surface area (Å²) in [7, 11) is 3.41. The molecule has 1 aliphatic heterocycles. The minimum Gasteiger partial charge on any atom is -0.493 e. The largest absolute Gasteiger partial charge is 0.493 e. The highest BCUT2D eigenvalue weighted by Crippen LogP contribution is 2.37. The second-order valence-corrected chi connectivity index (χ2v) is 7.32. The van der Waals surface area contributed by atoms with Gasteiger partial charge in [-0.25, -0.2) is 0 Å². The van der Waals surface area contributed by atoms with Gasteiger partial charge < -0.3 is 19.3 Å². The van der Waals surface area contributed by atoms with Crippen LogP contribution in [0.25, 0.3) is 0 Å². The molecule has 0 bridgehead atoms. The minimum atomic E-state index is -0.0665. The maximum absolute atomic E-state index is 13.1. The number of halogens is 1. The van der Waals surface area contributed by atoms with Crippen molar-refractivity contribution in [2.24, 2.45) is 0 Å². The number of carbonyl (C=O) groups is 1. The number of para-hydroxylation sites is 1. The topological polar surface area (TPSA) is 42.0 Å². The molecule has 28 heavy (non-hydrogen) atoms. The molecular formula is C22H27ClN2O3. The highest BCUT2D eigenvalue weighted by molar-refractivity contribution is 6.32. The van der Waals surface area contributed by atoms with Crippen molar-refractivity contribution in [3.63, 3.8) is 0 Å². The zero-order valence-corrected chi connectivity index (χ0v) is 17.4. The van der Waals surface area contributed by atoms with Crippen molar-refractivity contribution in [3.05, 3.63) is 53.1 Å². The fraction of sp³-hybridized carbons (Fsp3) is 0.409. The molecule has 6 heteroatoms. The molecule has 0 aliphatic carbocycles. The molecule has 0 saturated carbocycles. The molecule has 0 spiro atoms. The van der Waals surface area contributed by atoms with Crippen LogP contribution >= 0.6 is 11.6 Å². The molecule has 1 heterocycles. The van der Waals surface area contributed by atoms with E-state index in [1.807, 2.05) is 37.1 Å². The Hall–Kier alpha value is -2.40. The van der Waals surface area contributed by atoms with Crippen LogP contribution < -0.4 is 14.4 Å². The fourth-order valence-electron chi connectivity index (χ4n) is 3.64. The predicted molar refractivity (Wildman–Crippen MR) is 113 cm³/mol. The molecule has 1 atom stereocenters. The van der Waals surface area contributed by atoms with Gasteiger partial charge in [0, 0.05) is 37.4 Å². The third kappa shape index (κ3) is 4.36. The summed E-state index contributed by atoms with van der Waals surface area (Å²) in [5.41, 5.74) is 1.70. The Labute approximate surface area is 171 Å². The smallest absolute Gasteiger partial charge is 0.254 e. The van der Waals surface area contributed by atoms with Gasteiger partial charge in [-0.05, 0) is 44.0 Å². The average molecular weight is 403 g/mol. The Kier molecular flexibility index (Phi) is 6.68. The number of hydrogen-bond acceptors (Lipinski definition) is 4. The van der Waals surface area contributed by atoms with E-state index in [9.17, 15) is 4.79 Å². The van der Waals surface area contributed by atoms with Crippen LogP contribution in [0.2, 0.25) is 5.02 Å². The summed E-state index contributed by atoms with van der Waals surface area (Å²) in [6, 6.07) is 13.8. The number of carbonyl (C=O) groups excluding carboxylic acids is 1. The van der Waals surface area contributed by atoms with E-state index in [-0.39, 0.29) is 11.9 Å². The van der Waals surface area contributed by atoms with Gasteiger partial charge in [-0.15, -0.1) is 0 Å². The van der Waals surface area contributed by atoms with Crippen LogP contribution in [0.1, 0.15) is 30.1 Å². The van der Waals surface area contributed by atoms with Crippen LogP contribution in [0, 0.1) is 0 Å². The van der Waals surface area contributed by atoms with Crippen molar-refractivity contribution < 1.29 is 14.3 Å². The summed E-state index contributed by atoms with van der Waals surface area (Å²) >= 11 is 6.35. The van der Waals surface area contributed by atoms with E-state index in [2.05, 4.69) is 17.0 Å². The molecule has 1 amide bonds. The zero-order valence-electron chi connectivity index (χ0n) is 16.7. The number of anilines is 1. The molecule has 1 aliphatic rings. The van der Waals surface area contributed by atoms with Gasteiger partial charge in [-0.1, -0.05) is 29.8 Å². The molecule has 150 valence electrons. The van der Waals surface area contributed by atoms with Gasteiger partial charge in [0.15, 0.2) is 11.5 Å². The third-order valence-electron chi connectivity index (χ3n) is 5.15. The van der Waals surface area contributed by atoms with Crippen LogP contribution in [-0.4, -0.2) is 50.7 Å². The number of piperidine rings is 1. The van der Waals surface area contributed by atoms with E-state index < -0.39 is 0 Å². The quantitative estimate of drug-likeness (QED) is 0.714. The lowest BCUT2D eigenvalue weighted by atomic mass is 10.0. The normalized spacial score (nSPS) is 16.6. The highest BCUT2D eigenvalue weighted by atomic mass is 35.5. The molecule has 0 aromatic heterocycles. The molecule has 2 aromatic carbocycles. The van der Waals surface area contributed by atoms with Crippen molar-refractivity contribution in [2.45, 2.75) is 25.8 Å². The Balaban J connectivity index is 1.77. The Morgan fingerprint density at radius 3 is 2.71 bits per heavy atom. The van der Waals surface area contributed by atoms with Crippen LogP contribution in [0.5, 0.6) is 11.5 Å². The number of methoxy groups -OCH3 is 1. The van der Waals surface area contributed by atoms with Gasteiger partial charge in [-0.3, -0.25) is 4.79 Å². The fourth-order valence-corrected chi connectivity index (χ4v) is 3.91. The molecule has 3 rings (SSSR count). The maximum Gasteiger partial charge on any atom is 0.254 e. The molecule has 1 fully saturated rings. The van der Waals surface area contributed by atoms with Crippen molar-refractivity contribution in [1.29, 1.82) is 0 Å². The first-order chi connectivity index (χ1) is 13.5. The Bertz CT molecular complexity index is 813. The molecule has 1 unspecified atom stereocenters. The number of benzene rings is 2. The van der Waals surface area contributed by atoms with E-state index >= 15 is 0 Å². The number of amides is 1. The van der Waals surface area contributed by atoms with E-state index in [1.165, 1.54) is 5.69 Å². The van der Waals surface area contributed by atoms with Crippen molar-refractivity contribution in [1.82, 2.24) is 4.90 Å². The summed E-state index contributed by atoms with van der Waals surface area (Å²) in [6.45, 7) is 4.17. The molecule has 0 N–H and O–H groups in total. The first-order valence-electron chi connectivity index (χ1n) is 9.62. The standard InChI is InChI=1S/C22H27ClN2O3/c1-4-28-21-19(23)13-16(14-20(21)27-3)22(26)24(2)18-11-8-12-25(15-18)17-9-6-5-7-10-17/h5-7,9-10,13-14,18H,4,8,11-12,15H2,1-3H3. The average Bonchev–Trinajstić information content (AvgIpc) is 2.74. The number of likely N-dealkylation sites (N-methyl/N-ethyl adjacent to an activating group) is 1. The van der Waals surface area contributed by atoms with Gasteiger partial charge in [0.05, 0.1) is 18.7 Å². The predicted octanol–water partition coefficient (Wildman–Crippen LogP) is 4.49. The van der Waals surface area contributed by atoms with Crippen molar-refractivity contribution >= 4 is 23.2 Å². The van der Waals surface area contributed by atoms with E-state index in [1.54, 1.807) is 19.2 Å². The minimum absolute atomic E-state index is 0.0665. The first kappa shape index (κ1) is 20.3. The summed E-state index contributed by atoms with van der Waals surface area (Å²) in [5.74, 6) is 0.877. The lowest BCUT2D eigenvalue weighted by Crippen LogP contribution is -2.48.